The lowest BCUT2D eigenvalue weighted by molar-refractivity contribution is -0.154. The van der Waals surface area contributed by atoms with Gasteiger partial charge < -0.3 is 9.47 Å². The van der Waals surface area contributed by atoms with E-state index in [1.165, 1.54) is 46.1 Å². The highest BCUT2D eigenvalue weighted by molar-refractivity contribution is 5.69. The van der Waals surface area contributed by atoms with Crippen molar-refractivity contribution in [2.24, 2.45) is 46.3 Å². The Hall–Kier alpha value is -1.32. The van der Waals surface area contributed by atoms with Gasteiger partial charge >= 0.3 is 11.9 Å². The summed E-state index contributed by atoms with van der Waals surface area (Å²) >= 11 is 0. The number of ether oxygens (including phenoxy) is 2. The van der Waals surface area contributed by atoms with Gasteiger partial charge in [0.1, 0.15) is 6.10 Å². The van der Waals surface area contributed by atoms with Gasteiger partial charge in [0.2, 0.25) is 0 Å². The van der Waals surface area contributed by atoms with Gasteiger partial charge in [-0.05, 0) is 97.7 Å². The summed E-state index contributed by atoms with van der Waals surface area (Å²) < 4.78 is 10.5. The van der Waals surface area contributed by atoms with Gasteiger partial charge in [-0.15, -0.1) is 0 Å². The monoisotopic (exact) mass is 430 g/mol. The van der Waals surface area contributed by atoms with Crippen LogP contribution in [0, 0.1) is 46.3 Å². The van der Waals surface area contributed by atoms with Crippen LogP contribution in [-0.4, -0.2) is 25.2 Å². The molecule has 0 amide bonds. The molecule has 0 radical (unpaired) electrons. The summed E-state index contributed by atoms with van der Waals surface area (Å²) in [5, 5.41) is 0. The van der Waals surface area contributed by atoms with Gasteiger partial charge in [0.15, 0.2) is 0 Å². The topological polar surface area (TPSA) is 52.6 Å². The third-order valence-electron chi connectivity index (χ3n) is 10.2. The minimum Gasteiger partial charge on any atom is -0.469 e. The van der Waals surface area contributed by atoms with Crippen molar-refractivity contribution in [1.29, 1.82) is 0 Å². The summed E-state index contributed by atoms with van der Waals surface area (Å²) in [7, 11) is 1.49. The molecule has 0 bridgehead atoms. The Kier molecular flexibility index (Phi) is 6.31. The number of carbonyl (C=O) groups excluding carboxylic acids is 2. The second-order valence-corrected chi connectivity index (χ2v) is 11.6. The second-order valence-electron chi connectivity index (χ2n) is 11.6. The van der Waals surface area contributed by atoms with Gasteiger partial charge in [-0.2, -0.15) is 0 Å². The normalized spacial score (nSPS) is 44.5. The van der Waals surface area contributed by atoms with E-state index in [-0.39, 0.29) is 23.5 Å². The highest BCUT2D eigenvalue weighted by Gasteiger charge is 2.59. The Labute approximate surface area is 188 Å². The lowest BCUT2D eigenvalue weighted by Gasteiger charge is -2.59. The summed E-state index contributed by atoms with van der Waals surface area (Å²) in [5.41, 5.74) is 0.598. The molecule has 0 aliphatic heterocycles. The highest BCUT2D eigenvalue weighted by atomic mass is 16.5. The molecule has 174 valence electrons. The van der Waals surface area contributed by atoms with Gasteiger partial charge in [0, 0.05) is 13.3 Å². The minimum atomic E-state index is -0.131. The molecular weight excluding hydrogens is 388 g/mol. The van der Waals surface area contributed by atoms with Crippen LogP contribution in [0.3, 0.4) is 0 Å². The van der Waals surface area contributed by atoms with E-state index in [1.54, 1.807) is 0 Å². The molecular formula is C27H42O4. The van der Waals surface area contributed by atoms with Crippen molar-refractivity contribution >= 4 is 11.9 Å². The summed E-state index contributed by atoms with van der Waals surface area (Å²) in [4.78, 5) is 23.1. The SMILES string of the molecule is COC(=O)CC[C@H](C)[C@@H]1CC[C@H]2[C@@H]3CC[C@@H]4C[C@H](OC(C)=O)CC[C@]4(C)[C@@H]3C=C[C@@]21C. The number of carbonyl (C=O) groups is 2. The van der Waals surface area contributed by atoms with Crippen LogP contribution in [0.1, 0.15) is 85.5 Å². The van der Waals surface area contributed by atoms with Gasteiger partial charge in [0.25, 0.3) is 0 Å². The Balaban J connectivity index is 1.50. The number of hydrogen-bond donors (Lipinski definition) is 0. The maximum absolute atomic E-state index is 11.7. The number of hydrogen-bond acceptors (Lipinski definition) is 4. The summed E-state index contributed by atoms with van der Waals surface area (Å²) in [6.07, 6.45) is 15.2. The Bertz CT molecular complexity index is 729. The molecule has 0 spiro atoms. The van der Waals surface area contributed by atoms with Crippen LogP contribution in [0.25, 0.3) is 0 Å². The first kappa shape index (κ1) is 22.9. The lowest BCUT2D eigenvalue weighted by Crippen LogP contribution is -2.52. The molecule has 4 heteroatoms. The maximum atomic E-state index is 11.7. The summed E-state index contributed by atoms with van der Waals surface area (Å²) in [6.45, 7) is 8.91. The standard InChI is InChI=1S/C27H42O4/c1-17(6-11-25(29)30-5)22-9-10-23-21-8-7-19-16-20(31-18(2)28)12-14-26(19,3)24(21)13-15-27(22,23)4/h13,15,17,19-24H,6-12,14,16H2,1-5H3/t17-,19+,20+,21-,22-,23-,24+,26-,27+/m0/s1. The first-order chi connectivity index (χ1) is 14.7. The van der Waals surface area contributed by atoms with Crippen LogP contribution in [0.15, 0.2) is 12.2 Å². The van der Waals surface area contributed by atoms with Crippen molar-refractivity contribution in [2.75, 3.05) is 7.11 Å². The predicted octanol–water partition coefficient (Wildman–Crippen LogP) is 5.94. The maximum Gasteiger partial charge on any atom is 0.305 e. The van der Waals surface area contributed by atoms with Crippen molar-refractivity contribution in [3.63, 3.8) is 0 Å². The molecule has 0 saturated heterocycles. The smallest absolute Gasteiger partial charge is 0.305 e. The molecule has 4 aliphatic rings. The molecule has 3 fully saturated rings. The zero-order valence-corrected chi connectivity index (χ0v) is 20.2. The zero-order chi connectivity index (χ0) is 22.4. The van der Waals surface area contributed by atoms with Crippen LogP contribution in [0.2, 0.25) is 0 Å². The van der Waals surface area contributed by atoms with Gasteiger partial charge in [-0.1, -0.05) is 32.9 Å². The average Bonchev–Trinajstić information content (AvgIpc) is 3.09. The Morgan fingerprint density at radius 1 is 1.13 bits per heavy atom. The molecule has 31 heavy (non-hydrogen) atoms. The van der Waals surface area contributed by atoms with E-state index in [4.69, 9.17) is 9.47 Å². The van der Waals surface area contributed by atoms with E-state index in [1.807, 2.05) is 0 Å². The van der Waals surface area contributed by atoms with Gasteiger partial charge in [0.05, 0.1) is 7.11 Å². The quantitative estimate of drug-likeness (QED) is 0.400. The third-order valence-corrected chi connectivity index (χ3v) is 10.2. The Morgan fingerprint density at radius 2 is 1.90 bits per heavy atom. The molecule has 4 nitrogen and oxygen atoms in total. The van der Waals surface area contributed by atoms with Crippen LogP contribution in [-0.2, 0) is 19.1 Å². The molecule has 0 aromatic carbocycles. The van der Waals surface area contributed by atoms with E-state index in [2.05, 4.69) is 32.9 Å². The molecule has 0 N–H and O–H groups in total. The van der Waals surface area contributed by atoms with Crippen molar-refractivity contribution in [2.45, 2.75) is 91.6 Å². The minimum absolute atomic E-state index is 0.0820. The van der Waals surface area contributed by atoms with E-state index in [9.17, 15) is 9.59 Å². The first-order valence-corrected chi connectivity index (χ1v) is 12.6. The average molecular weight is 431 g/mol. The molecule has 4 aliphatic carbocycles. The predicted molar refractivity (Wildman–Crippen MR) is 121 cm³/mol. The largest absolute Gasteiger partial charge is 0.469 e. The number of rotatable bonds is 5. The highest BCUT2D eigenvalue weighted by Crippen LogP contribution is 2.66. The number of fused-ring (bicyclic) bond motifs is 5. The van der Waals surface area contributed by atoms with Crippen molar-refractivity contribution in [3.8, 4) is 0 Å². The van der Waals surface area contributed by atoms with Crippen LogP contribution < -0.4 is 0 Å². The van der Waals surface area contributed by atoms with E-state index in [0.717, 1.165) is 31.1 Å². The van der Waals surface area contributed by atoms with Crippen molar-refractivity contribution in [1.82, 2.24) is 0 Å². The lowest BCUT2D eigenvalue weighted by atomic mass is 9.46. The summed E-state index contributed by atoms with van der Waals surface area (Å²) in [6, 6.07) is 0. The molecule has 0 aromatic heterocycles. The molecule has 4 rings (SSSR count). The zero-order valence-electron chi connectivity index (χ0n) is 20.2. The van der Waals surface area contributed by atoms with E-state index >= 15 is 0 Å². The van der Waals surface area contributed by atoms with Gasteiger partial charge in [-0.3, -0.25) is 9.59 Å². The molecule has 3 saturated carbocycles. The third kappa shape index (κ3) is 3.97. The molecule has 0 unspecified atom stereocenters. The Morgan fingerprint density at radius 3 is 2.61 bits per heavy atom. The summed E-state index contributed by atoms with van der Waals surface area (Å²) in [5.74, 6) is 3.85. The van der Waals surface area contributed by atoms with E-state index < -0.39 is 0 Å². The first-order valence-electron chi connectivity index (χ1n) is 12.6. The number of allylic oxidation sites excluding steroid dienone is 2. The molecule has 0 aromatic rings. The fourth-order valence-electron chi connectivity index (χ4n) is 8.52. The number of esters is 2. The van der Waals surface area contributed by atoms with Gasteiger partial charge in [-0.25, -0.2) is 0 Å². The van der Waals surface area contributed by atoms with Crippen LogP contribution in [0.5, 0.6) is 0 Å². The second kappa shape index (κ2) is 8.56. The van der Waals surface area contributed by atoms with Crippen molar-refractivity contribution < 1.29 is 19.1 Å². The number of methoxy groups -OCH3 is 1. The fourth-order valence-corrected chi connectivity index (χ4v) is 8.52. The van der Waals surface area contributed by atoms with E-state index in [0.29, 0.717) is 35.5 Å². The van der Waals surface area contributed by atoms with Crippen molar-refractivity contribution in [3.05, 3.63) is 12.2 Å². The van der Waals surface area contributed by atoms with Crippen LogP contribution >= 0.6 is 0 Å². The molecule has 9 atom stereocenters. The fraction of sp³-hybridized carbons (Fsp3) is 0.852. The van der Waals surface area contributed by atoms with Crippen LogP contribution in [0.4, 0.5) is 0 Å². The molecule has 0 heterocycles.